The summed E-state index contributed by atoms with van der Waals surface area (Å²) in [4.78, 5) is 17.2. The third-order valence-corrected chi connectivity index (χ3v) is 3.52. The highest BCUT2D eigenvalue weighted by Crippen LogP contribution is 2.22. The van der Waals surface area contributed by atoms with E-state index in [2.05, 4.69) is 28.3 Å². The van der Waals surface area contributed by atoms with Crippen molar-refractivity contribution in [1.29, 1.82) is 0 Å². The molecular weight excluding hydrogens is 230 g/mol. The maximum Gasteiger partial charge on any atom is 0.303 e. The average Bonchev–Trinajstić information content (AvgIpc) is 2.87. The van der Waals surface area contributed by atoms with Crippen LogP contribution in [0.3, 0.4) is 0 Å². The first kappa shape index (κ1) is 13.1. The lowest BCUT2D eigenvalue weighted by atomic mass is 10.1. The zero-order chi connectivity index (χ0) is 13.1. The number of carboxylic acids is 1. The van der Waals surface area contributed by atoms with Gasteiger partial charge in [-0.05, 0) is 32.7 Å². The first-order chi connectivity index (χ1) is 8.56. The van der Waals surface area contributed by atoms with Crippen LogP contribution < -0.4 is 0 Å². The summed E-state index contributed by atoms with van der Waals surface area (Å²) in [5, 5.41) is 8.80. The lowest BCUT2D eigenvalue weighted by molar-refractivity contribution is -0.138. The van der Waals surface area contributed by atoms with Gasteiger partial charge in [-0.3, -0.25) is 9.69 Å². The molecule has 5 nitrogen and oxygen atoms in total. The number of likely N-dealkylation sites (tertiary alicyclic amines) is 1. The van der Waals surface area contributed by atoms with E-state index in [1.807, 2.05) is 12.5 Å². The van der Waals surface area contributed by atoms with E-state index in [1.165, 1.54) is 5.69 Å². The van der Waals surface area contributed by atoms with Gasteiger partial charge in [0.1, 0.15) is 0 Å². The van der Waals surface area contributed by atoms with Gasteiger partial charge in [0.25, 0.3) is 0 Å². The van der Waals surface area contributed by atoms with Crippen molar-refractivity contribution in [2.24, 2.45) is 5.92 Å². The Labute approximate surface area is 107 Å². The molecule has 0 aliphatic carbocycles. The van der Waals surface area contributed by atoms with E-state index in [0.717, 1.165) is 26.1 Å². The highest BCUT2D eigenvalue weighted by Gasteiger charge is 2.25. The largest absolute Gasteiger partial charge is 0.481 e. The molecular formula is C13H21N3O2. The van der Waals surface area contributed by atoms with Crippen molar-refractivity contribution in [2.75, 3.05) is 13.1 Å². The smallest absolute Gasteiger partial charge is 0.303 e. The van der Waals surface area contributed by atoms with Crippen LogP contribution in [0.5, 0.6) is 0 Å². The molecule has 0 amide bonds. The van der Waals surface area contributed by atoms with Crippen LogP contribution in [0.15, 0.2) is 12.5 Å². The molecule has 1 fully saturated rings. The molecule has 0 saturated carbocycles. The third-order valence-electron chi connectivity index (χ3n) is 3.52. The molecule has 1 aromatic heterocycles. The van der Waals surface area contributed by atoms with Crippen LogP contribution in [-0.2, 0) is 11.3 Å². The molecule has 100 valence electrons. The minimum atomic E-state index is -0.686. The van der Waals surface area contributed by atoms with Crippen molar-refractivity contribution in [1.82, 2.24) is 14.5 Å². The minimum Gasteiger partial charge on any atom is -0.481 e. The Hall–Kier alpha value is -1.36. The molecule has 0 spiro atoms. The predicted octanol–water partition coefficient (Wildman–Crippen LogP) is 1.76. The Balaban J connectivity index is 1.91. The molecule has 1 unspecified atom stereocenters. The number of nitrogens with zero attached hydrogens (tertiary/aromatic N) is 3. The van der Waals surface area contributed by atoms with Crippen LogP contribution in [0.4, 0.5) is 0 Å². The zero-order valence-electron chi connectivity index (χ0n) is 11.0. The van der Waals surface area contributed by atoms with Crippen molar-refractivity contribution < 1.29 is 9.90 Å². The molecule has 0 bridgehead atoms. The van der Waals surface area contributed by atoms with E-state index in [-0.39, 0.29) is 0 Å². The molecule has 1 aliphatic heterocycles. The van der Waals surface area contributed by atoms with Gasteiger partial charge in [-0.2, -0.15) is 0 Å². The second-order valence-electron chi connectivity index (χ2n) is 5.37. The van der Waals surface area contributed by atoms with E-state index < -0.39 is 5.97 Å². The number of carboxylic acid groups (broad SMARTS) is 1. The van der Waals surface area contributed by atoms with Crippen LogP contribution >= 0.6 is 0 Å². The van der Waals surface area contributed by atoms with Gasteiger partial charge in [-0.15, -0.1) is 0 Å². The minimum absolute atomic E-state index is 0.292. The van der Waals surface area contributed by atoms with Crippen molar-refractivity contribution in [3.8, 4) is 0 Å². The molecule has 5 heteroatoms. The Morgan fingerprint density at radius 3 is 3.06 bits per heavy atom. The number of hydrogen-bond donors (Lipinski definition) is 1. The fourth-order valence-electron chi connectivity index (χ4n) is 2.62. The van der Waals surface area contributed by atoms with Gasteiger partial charge in [-0.25, -0.2) is 4.98 Å². The van der Waals surface area contributed by atoms with E-state index in [1.54, 1.807) is 0 Å². The summed E-state index contributed by atoms with van der Waals surface area (Å²) in [6, 6.07) is 0.417. The monoisotopic (exact) mass is 251 g/mol. The Morgan fingerprint density at radius 1 is 1.61 bits per heavy atom. The van der Waals surface area contributed by atoms with Crippen LogP contribution in [-0.4, -0.2) is 38.6 Å². The second kappa shape index (κ2) is 5.52. The molecule has 1 aliphatic rings. The summed E-state index contributed by atoms with van der Waals surface area (Å²) >= 11 is 0. The van der Waals surface area contributed by atoms with Gasteiger partial charge in [0, 0.05) is 31.7 Å². The quantitative estimate of drug-likeness (QED) is 0.866. The molecule has 0 aromatic carbocycles. The van der Waals surface area contributed by atoms with Gasteiger partial charge in [0.2, 0.25) is 0 Å². The van der Waals surface area contributed by atoms with Crippen LogP contribution in [0, 0.1) is 5.92 Å². The normalized spacial score (nSPS) is 20.7. The number of imidazole rings is 1. The number of aliphatic carboxylic acids is 1. The summed E-state index contributed by atoms with van der Waals surface area (Å²) in [5.74, 6) is -0.382. The zero-order valence-corrected chi connectivity index (χ0v) is 11.0. The fourth-order valence-corrected chi connectivity index (χ4v) is 2.62. The van der Waals surface area contributed by atoms with E-state index in [4.69, 9.17) is 5.11 Å². The van der Waals surface area contributed by atoms with E-state index >= 15 is 0 Å². The van der Waals surface area contributed by atoms with Crippen molar-refractivity contribution >= 4 is 5.97 Å². The number of carbonyl (C=O) groups is 1. The maximum absolute atomic E-state index is 10.7. The van der Waals surface area contributed by atoms with Crippen LogP contribution in [0.2, 0.25) is 0 Å². The first-order valence-electron chi connectivity index (χ1n) is 6.51. The summed E-state index contributed by atoms with van der Waals surface area (Å²) in [6.45, 7) is 7.02. The average molecular weight is 251 g/mol. The Kier molecular flexibility index (Phi) is 4.01. The first-order valence-corrected chi connectivity index (χ1v) is 6.51. The molecule has 1 atom stereocenters. The van der Waals surface area contributed by atoms with Crippen molar-refractivity contribution in [3.05, 3.63) is 18.2 Å². The lowest BCUT2D eigenvalue weighted by Crippen LogP contribution is -2.22. The fraction of sp³-hybridized carbons (Fsp3) is 0.692. The molecule has 0 radical (unpaired) electrons. The third kappa shape index (κ3) is 3.10. The van der Waals surface area contributed by atoms with Gasteiger partial charge >= 0.3 is 5.97 Å². The number of aromatic nitrogens is 2. The topological polar surface area (TPSA) is 58.4 Å². The van der Waals surface area contributed by atoms with Gasteiger partial charge in [0.15, 0.2) is 0 Å². The maximum atomic E-state index is 10.7. The van der Waals surface area contributed by atoms with Gasteiger partial charge in [0.05, 0.1) is 12.0 Å². The molecule has 1 aromatic rings. The summed E-state index contributed by atoms with van der Waals surface area (Å²) in [5.41, 5.74) is 1.21. The SMILES string of the molecule is CC(C)n1cncc1CN1CCC(CC(=O)O)C1. The van der Waals surface area contributed by atoms with E-state index in [0.29, 0.717) is 18.4 Å². The molecule has 2 rings (SSSR count). The molecule has 18 heavy (non-hydrogen) atoms. The van der Waals surface area contributed by atoms with Crippen LogP contribution in [0.1, 0.15) is 38.4 Å². The summed E-state index contributed by atoms with van der Waals surface area (Å²) in [7, 11) is 0. The Morgan fingerprint density at radius 2 is 2.39 bits per heavy atom. The summed E-state index contributed by atoms with van der Waals surface area (Å²) < 4.78 is 2.17. The molecule has 1 saturated heterocycles. The second-order valence-corrected chi connectivity index (χ2v) is 5.37. The molecule has 1 N–H and O–H groups in total. The number of hydrogen-bond acceptors (Lipinski definition) is 3. The van der Waals surface area contributed by atoms with Crippen molar-refractivity contribution in [2.45, 2.75) is 39.3 Å². The Bertz CT molecular complexity index is 414. The highest BCUT2D eigenvalue weighted by molar-refractivity contribution is 5.67. The van der Waals surface area contributed by atoms with Gasteiger partial charge < -0.3 is 9.67 Å². The summed E-state index contributed by atoms with van der Waals surface area (Å²) in [6.07, 6.45) is 5.05. The van der Waals surface area contributed by atoms with Gasteiger partial charge in [-0.1, -0.05) is 0 Å². The predicted molar refractivity (Wildman–Crippen MR) is 68.2 cm³/mol. The standard InChI is InChI=1S/C13H21N3O2/c1-10(2)16-9-14-6-12(16)8-15-4-3-11(7-15)5-13(17)18/h6,9-11H,3-5,7-8H2,1-2H3,(H,17,18). The number of rotatable bonds is 5. The van der Waals surface area contributed by atoms with Crippen LogP contribution in [0.25, 0.3) is 0 Å². The lowest BCUT2D eigenvalue weighted by Gasteiger charge is -2.18. The van der Waals surface area contributed by atoms with Crippen molar-refractivity contribution in [3.63, 3.8) is 0 Å². The van der Waals surface area contributed by atoms with E-state index in [9.17, 15) is 4.79 Å². The molecule has 2 heterocycles. The highest BCUT2D eigenvalue weighted by atomic mass is 16.4.